The summed E-state index contributed by atoms with van der Waals surface area (Å²) in [5, 5.41) is 3.49. The molecule has 0 spiro atoms. The van der Waals surface area contributed by atoms with E-state index in [9.17, 15) is 0 Å². The molecule has 1 heterocycles. The molecule has 2 heteroatoms. The van der Waals surface area contributed by atoms with Crippen molar-refractivity contribution < 1.29 is 0 Å². The first-order valence-electron chi connectivity index (χ1n) is 7.24. The van der Waals surface area contributed by atoms with Crippen molar-refractivity contribution in [3.05, 3.63) is 0 Å². The van der Waals surface area contributed by atoms with E-state index in [0.29, 0.717) is 5.54 Å². The second-order valence-electron chi connectivity index (χ2n) is 6.47. The molecular weight excluding hydrogens is 196 g/mol. The molecule has 2 bridgehead atoms. The minimum Gasteiger partial charge on any atom is -0.314 e. The molecule has 0 aromatic carbocycles. The maximum atomic E-state index is 3.49. The Hall–Kier alpha value is -0.0800. The van der Waals surface area contributed by atoms with Crippen LogP contribution in [0.2, 0.25) is 0 Å². The van der Waals surface area contributed by atoms with Crippen LogP contribution in [0, 0.1) is 11.8 Å². The van der Waals surface area contributed by atoms with E-state index in [1.807, 2.05) is 0 Å². The number of hydrogen-bond donors (Lipinski definition) is 1. The fourth-order valence-corrected chi connectivity index (χ4v) is 4.70. The van der Waals surface area contributed by atoms with Crippen molar-refractivity contribution in [3.63, 3.8) is 0 Å². The molecule has 0 amide bonds. The summed E-state index contributed by atoms with van der Waals surface area (Å²) in [5.41, 5.74) is 0.614. The Morgan fingerprint density at radius 2 is 2.00 bits per heavy atom. The van der Waals surface area contributed by atoms with Crippen molar-refractivity contribution in [2.75, 3.05) is 26.2 Å². The van der Waals surface area contributed by atoms with Gasteiger partial charge in [0.2, 0.25) is 0 Å². The molecule has 2 nitrogen and oxygen atoms in total. The van der Waals surface area contributed by atoms with E-state index in [4.69, 9.17) is 0 Å². The van der Waals surface area contributed by atoms with E-state index in [0.717, 1.165) is 11.8 Å². The van der Waals surface area contributed by atoms with Crippen molar-refractivity contribution in [1.82, 2.24) is 10.2 Å². The molecule has 2 saturated carbocycles. The Kier molecular flexibility index (Phi) is 2.97. The lowest BCUT2D eigenvalue weighted by Gasteiger charge is -2.54. The Labute approximate surface area is 99.8 Å². The summed E-state index contributed by atoms with van der Waals surface area (Å²) in [5.74, 6) is 2.02. The first kappa shape index (κ1) is 11.0. The Bertz CT molecular complexity index is 243. The van der Waals surface area contributed by atoms with Gasteiger partial charge in [-0.2, -0.15) is 0 Å². The molecule has 2 aliphatic carbocycles. The van der Waals surface area contributed by atoms with Crippen LogP contribution in [0.4, 0.5) is 0 Å². The van der Waals surface area contributed by atoms with Gasteiger partial charge in [0, 0.05) is 31.7 Å². The van der Waals surface area contributed by atoms with Crippen LogP contribution in [-0.2, 0) is 0 Å². The van der Waals surface area contributed by atoms with Gasteiger partial charge in [0.15, 0.2) is 0 Å². The maximum Gasteiger partial charge on any atom is 0.0215 e. The molecule has 92 valence electrons. The smallest absolute Gasteiger partial charge is 0.0215 e. The zero-order valence-corrected chi connectivity index (χ0v) is 10.7. The predicted molar refractivity (Wildman–Crippen MR) is 67.5 cm³/mol. The molecule has 0 radical (unpaired) electrons. The van der Waals surface area contributed by atoms with E-state index in [-0.39, 0.29) is 0 Å². The molecule has 3 rings (SSSR count). The number of hydrogen-bond acceptors (Lipinski definition) is 2. The molecule has 3 aliphatic rings. The normalized spacial score (nSPS) is 45.6. The van der Waals surface area contributed by atoms with E-state index in [2.05, 4.69) is 17.1 Å². The molecule has 3 atom stereocenters. The van der Waals surface area contributed by atoms with Gasteiger partial charge in [-0.05, 0) is 37.5 Å². The lowest BCUT2D eigenvalue weighted by Crippen LogP contribution is -2.60. The van der Waals surface area contributed by atoms with E-state index in [1.165, 1.54) is 64.7 Å². The summed E-state index contributed by atoms with van der Waals surface area (Å²) >= 11 is 0. The Morgan fingerprint density at radius 1 is 1.19 bits per heavy atom. The number of rotatable bonds is 1. The number of fused-ring (bicyclic) bond motifs is 2. The fourth-order valence-electron chi connectivity index (χ4n) is 4.70. The third kappa shape index (κ3) is 1.91. The van der Waals surface area contributed by atoms with Crippen LogP contribution in [0.25, 0.3) is 0 Å². The highest BCUT2D eigenvalue weighted by atomic mass is 15.2. The highest BCUT2D eigenvalue weighted by Crippen LogP contribution is 2.48. The standard InChI is InChI=1S/C14H26N2/c1-12-9-13-3-2-4-14(10-12,11-13)16-7-5-15-6-8-16/h12-13,15H,2-11H2,1H3. The SMILES string of the molecule is CC1CC2CCCC(N3CCNCC3)(C1)C2. The van der Waals surface area contributed by atoms with E-state index in [1.54, 1.807) is 0 Å². The molecule has 0 aromatic heterocycles. The minimum atomic E-state index is 0.614. The summed E-state index contributed by atoms with van der Waals surface area (Å²) in [6.07, 6.45) is 8.97. The van der Waals surface area contributed by atoms with Crippen LogP contribution in [0.3, 0.4) is 0 Å². The minimum absolute atomic E-state index is 0.614. The van der Waals surface area contributed by atoms with Gasteiger partial charge in [-0.1, -0.05) is 19.8 Å². The van der Waals surface area contributed by atoms with Gasteiger partial charge in [-0.25, -0.2) is 0 Å². The molecule has 1 N–H and O–H groups in total. The Balaban J connectivity index is 1.77. The molecule has 0 aromatic rings. The molecule has 1 aliphatic heterocycles. The van der Waals surface area contributed by atoms with Crippen LogP contribution in [0.15, 0.2) is 0 Å². The molecule has 16 heavy (non-hydrogen) atoms. The van der Waals surface area contributed by atoms with Gasteiger partial charge in [-0.3, -0.25) is 4.90 Å². The van der Waals surface area contributed by atoms with Crippen LogP contribution >= 0.6 is 0 Å². The van der Waals surface area contributed by atoms with Gasteiger partial charge in [0.05, 0.1) is 0 Å². The van der Waals surface area contributed by atoms with Crippen molar-refractivity contribution in [2.45, 2.75) is 51.0 Å². The fraction of sp³-hybridized carbons (Fsp3) is 1.00. The van der Waals surface area contributed by atoms with Crippen LogP contribution in [-0.4, -0.2) is 36.6 Å². The monoisotopic (exact) mass is 222 g/mol. The van der Waals surface area contributed by atoms with Gasteiger partial charge >= 0.3 is 0 Å². The van der Waals surface area contributed by atoms with Crippen molar-refractivity contribution in [3.8, 4) is 0 Å². The number of nitrogens with one attached hydrogen (secondary N) is 1. The zero-order valence-electron chi connectivity index (χ0n) is 10.7. The highest BCUT2D eigenvalue weighted by Gasteiger charge is 2.45. The predicted octanol–water partition coefficient (Wildman–Crippen LogP) is 2.25. The summed E-state index contributed by atoms with van der Waals surface area (Å²) in [6.45, 7) is 7.48. The summed E-state index contributed by atoms with van der Waals surface area (Å²) in [6, 6.07) is 0. The second-order valence-corrected chi connectivity index (χ2v) is 6.47. The topological polar surface area (TPSA) is 15.3 Å². The van der Waals surface area contributed by atoms with Gasteiger partial charge < -0.3 is 5.32 Å². The third-order valence-corrected chi connectivity index (χ3v) is 5.18. The van der Waals surface area contributed by atoms with Crippen LogP contribution in [0.1, 0.15) is 45.4 Å². The third-order valence-electron chi connectivity index (χ3n) is 5.18. The Morgan fingerprint density at radius 3 is 2.81 bits per heavy atom. The first-order chi connectivity index (χ1) is 7.78. The quantitative estimate of drug-likeness (QED) is 0.732. The van der Waals surface area contributed by atoms with Crippen molar-refractivity contribution in [1.29, 1.82) is 0 Å². The van der Waals surface area contributed by atoms with Crippen LogP contribution in [0.5, 0.6) is 0 Å². The zero-order chi connectivity index (χ0) is 11.0. The van der Waals surface area contributed by atoms with Crippen LogP contribution < -0.4 is 5.32 Å². The molecule has 3 fully saturated rings. The molecule has 3 unspecified atom stereocenters. The van der Waals surface area contributed by atoms with E-state index < -0.39 is 0 Å². The van der Waals surface area contributed by atoms with E-state index >= 15 is 0 Å². The van der Waals surface area contributed by atoms with Crippen molar-refractivity contribution in [2.24, 2.45) is 11.8 Å². The largest absolute Gasteiger partial charge is 0.314 e. The lowest BCUT2D eigenvalue weighted by atomic mass is 9.63. The molecule has 1 saturated heterocycles. The highest BCUT2D eigenvalue weighted by molar-refractivity contribution is 5.01. The summed E-state index contributed by atoms with van der Waals surface area (Å²) in [4.78, 5) is 2.84. The van der Waals surface area contributed by atoms with Gasteiger partial charge in [-0.15, -0.1) is 0 Å². The average molecular weight is 222 g/mol. The summed E-state index contributed by atoms with van der Waals surface area (Å²) < 4.78 is 0. The van der Waals surface area contributed by atoms with Gasteiger partial charge in [0.25, 0.3) is 0 Å². The second kappa shape index (κ2) is 4.30. The summed E-state index contributed by atoms with van der Waals surface area (Å²) in [7, 11) is 0. The number of nitrogens with zero attached hydrogens (tertiary/aromatic N) is 1. The molecular formula is C14H26N2. The van der Waals surface area contributed by atoms with Crippen molar-refractivity contribution >= 4 is 0 Å². The average Bonchev–Trinajstić information content (AvgIpc) is 2.29. The van der Waals surface area contributed by atoms with Gasteiger partial charge in [0.1, 0.15) is 0 Å². The number of piperazine rings is 1. The first-order valence-corrected chi connectivity index (χ1v) is 7.24. The lowest BCUT2D eigenvalue weighted by molar-refractivity contribution is -0.0283. The maximum absolute atomic E-state index is 3.49.